The number of ether oxygens (including phenoxy) is 1. The smallest absolute Gasteiger partial charge is 0.306 e. The topological polar surface area (TPSA) is 45.7 Å². The van der Waals surface area contributed by atoms with Gasteiger partial charge in [0.1, 0.15) is 0 Å². The van der Waals surface area contributed by atoms with Crippen molar-refractivity contribution in [2.24, 2.45) is 0 Å². The highest BCUT2D eigenvalue weighted by atomic mass is 32.1. The minimum atomic E-state index is -0.125. The fraction of sp³-hybridized carbons (Fsp3) is 0.714. The number of piperazine rings is 1. The van der Waals surface area contributed by atoms with Gasteiger partial charge in [-0.05, 0) is 13.8 Å². The van der Waals surface area contributed by atoms with Gasteiger partial charge in [0.25, 0.3) is 0 Å². The molecule has 1 saturated heterocycles. The van der Waals surface area contributed by atoms with Crippen molar-refractivity contribution in [2.75, 3.05) is 33.3 Å². The quantitative estimate of drug-likeness (QED) is 0.771. The summed E-state index contributed by atoms with van der Waals surface area (Å²) in [6, 6.07) is 0.503. The number of carbonyl (C=O) groups is 1. The van der Waals surface area contributed by atoms with Gasteiger partial charge >= 0.3 is 5.97 Å². The van der Waals surface area contributed by atoms with Crippen molar-refractivity contribution < 1.29 is 9.53 Å². The van der Waals surface area contributed by atoms with Gasteiger partial charge in [-0.2, -0.15) is 0 Å². The van der Waals surface area contributed by atoms with Gasteiger partial charge in [-0.15, -0.1) is 11.3 Å². The van der Waals surface area contributed by atoms with Crippen LogP contribution < -0.4 is 0 Å². The summed E-state index contributed by atoms with van der Waals surface area (Å²) < 4.78 is 4.69. The molecule has 6 heteroatoms. The lowest BCUT2D eigenvalue weighted by atomic mass is 10.1. The first kappa shape index (κ1) is 15.4. The first-order valence-corrected chi connectivity index (χ1v) is 7.90. The molecule has 1 fully saturated rings. The summed E-state index contributed by atoms with van der Waals surface area (Å²) in [6.07, 6.45) is 0.483. The fourth-order valence-electron chi connectivity index (χ4n) is 2.52. The Morgan fingerprint density at radius 1 is 1.55 bits per heavy atom. The van der Waals surface area contributed by atoms with Crippen molar-refractivity contribution >= 4 is 17.3 Å². The van der Waals surface area contributed by atoms with E-state index in [0.717, 1.165) is 38.4 Å². The van der Waals surface area contributed by atoms with E-state index in [2.05, 4.69) is 28.6 Å². The number of thiazole rings is 1. The largest absolute Gasteiger partial charge is 0.469 e. The predicted molar refractivity (Wildman–Crippen MR) is 79.8 cm³/mol. The maximum absolute atomic E-state index is 11.2. The Balaban J connectivity index is 1.80. The second-order valence-corrected chi connectivity index (χ2v) is 6.25. The van der Waals surface area contributed by atoms with Gasteiger partial charge in [0.2, 0.25) is 0 Å². The summed E-state index contributed by atoms with van der Waals surface area (Å²) in [5.41, 5.74) is 3.07. The molecule has 1 aromatic rings. The molecule has 1 atom stereocenters. The zero-order valence-electron chi connectivity index (χ0n) is 12.5. The van der Waals surface area contributed by atoms with E-state index in [9.17, 15) is 4.79 Å². The van der Waals surface area contributed by atoms with Crippen molar-refractivity contribution in [3.63, 3.8) is 0 Å². The zero-order chi connectivity index (χ0) is 14.5. The van der Waals surface area contributed by atoms with Crippen LogP contribution in [0.1, 0.15) is 23.9 Å². The number of rotatable bonds is 5. The van der Waals surface area contributed by atoms with Crippen molar-refractivity contribution in [3.8, 4) is 0 Å². The van der Waals surface area contributed by atoms with Crippen LogP contribution in [0.5, 0.6) is 0 Å². The molecule has 0 saturated carbocycles. The predicted octanol–water partition coefficient (Wildman–Crippen LogP) is 1.52. The maximum Gasteiger partial charge on any atom is 0.306 e. The molecule has 0 radical (unpaired) electrons. The molecular weight excluding hydrogens is 274 g/mol. The standard InChI is InChI=1S/C14H23N3O2S/c1-11-8-16(5-4-14(18)19-3)6-7-17(11)9-13-12(2)15-10-20-13/h10-11H,4-9H2,1-3H3/t11-/m1/s1. The molecule has 0 unspecified atom stereocenters. The molecular formula is C14H23N3O2S. The number of hydrogen-bond donors (Lipinski definition) is 0. The molecule has 1 aliphatic rings. The molecule has 0 aliphatic carbocycles. The molecule has 5 nitrogen and oxygen atoms in total. The molecule has 0 N–H and O–H groups in total. The Morgan fingerprint density at radius 2 is 2.35 bits per heavy atom. The fourth-order valence-corrected chi connectivity index (χ4v) is 3.32. The van der Waals surface area contributed by atoms with E-state index in [4.69, 9.17) is 4.74 Å². The van der Waals surface area contributed by atoms with Crippen LogP contribution in [0.15, 0.2) is 5.51 Å². The van der Waals surface area contributed by atoms with Gasteiger partial charge in [0.05, 0.1) is 24.7 Å². The summed E-state index contributed by atoms with van der Waals surface area (Å²) >= 11 is 1.74. The van der Waals surface area contributed by atoms with Gasteiger partial charge < -0.3 is 4.74 Å². The Kier molecular flexibility index (Phi) is 5.51. The number of nitrogens with zero attached hydrogens (tertiary/aromatic N) is 3. The molecule has 0 bridgehead atoms. The van der Waals surface area contributed by atoms with E-state index in [1.54, 1.807) is 11.3 Å². The van der Waals surface area contributed by atoms with Crippen molar-refractivity contribution in [1.82, 2.24) is 14.8 Å². The molecule has 20 heavy (non-hydrogen) atoms. The lowest BCUT2D eigenvalue weighted by Gasteiger charge is -2.39. The number of hydrogen-bond acceptors (Lipinski definition) is 6. The van der Waals surface area contributed by atoms with Gasteiger partial charge in [-0.25, -0.2) is 4.98 Å². The van der Waals surface area contributed by atoms with E-state index in [-0.39, 0.29) is 5.97 Å². The Morgan fingerprint density at radius 3 is 2.95 bits per heavy atom. The zero-order valence-corrected chi connectivity index (χ0v) is 13.3. The lowest BCUT2D eigenvalue weighted by molar-refractivity contribution is -0.141. The van der Waals surface area contributed by atoms with E-state index >= 15 is 0 Å². The van der Waals surface area contributed by atoms with Crippen LogP contribution in [0.4, 0.5) is 0 Å². The van der Waals surface area contributed by atoms with Crippen molar-refractivity contribution in [1.29, 1.82) is 0 Å². The summed E-state index contributed by atoms with van der Waals surface area (Å²) in [6.45, 7) is 9.17. The number of carbonyl (C=O) groups excluding carboxylic acids is 1. The second kappa shape index (κ2) is 7.15. The number of methoxy groups -OCH3 is 1. The highest BCUT2D eigenvalue weighted by Gasteiger charge is 2.24. The highest BCUT2D eigenvalue weighted by Crippen LogP contribution is 2.19. The number of aryl methyl sites for hydroxylation is 1. The molecule has 2 heterocycles. The van der Waals surface area contributed by atoms with E-state index in [1.807, 2.05) is 5.51 Å². The summed E-state index contributed by atoms with van der Waals surface area (Å²) in [7, 11) is 1.44. The highest BCUT2D eigenvalue weighted by molar-refractivity contribution is 7.09. The molecule has 0 spiro atoms. The van der Waals surface area contributed by atoms with E-state index in [1.165, 1.54) is 12.0 Å². The monoisotopic (exact) mass is 297 g/mol. The molecule has 0 amide bonds. The van der Waals surface area contributed by atoms with Crippen LogP contribution in [-0.4, -0.2) is 60.1 Å². The average Bonchev–Trinajstić information content (AvgIpc) is 2.84. The maximum atomic E-state index is 11.2. The Bertz CT molecular complexity index is 449. The van der Waals surface area contributed by atoms with Gasteiger partial charge in [0, 0.05) is 43.6 Å². The Labute approximate surface area is 124 Å². The van der Waals surface area contributed by atoms with Gasteiger partial charge in [-0.3, -0.25) is 14.6 Å². The number of esters is 1. The van der Waals surface area contributed by atoms with Crippen LogP contribution in [0, 0.1) is 6.92 Å². The first-order chi connectivity index (χ1) is 9.60. The first-order valence-electron chi connectivity index (χ1n) is 7.02. The van der Waals surface area contributed by atoms with Crippen LogP contribution >= 0.6 is 11.3 Å². The molecule has 1 aliphatic heterocycles. The third kappa shape index (κ3) is 4.01. The van der Waals surface area contributed by atoms with E-state index in [0.29, 0.717) is 12.5 Å². The number of aromatic nitrogens is 1. The lowest BCUT2D eigenvalue weighted by Crippen LogP contribution is -2.51. The minimum Gasteiger partial charge on any atom is -0.469 e. The SMILES string of the molecule is COC(=O)CCN1CCN(Cc2scnc2C)[C@H](C)C1. The summed E-state index contributed by atoms with van der Waals surface area (Å²) in [5.74, 6) is -0.125. The molecule has 1 aromatic heterocycles. The van der Waals surface area contributed by atoms with Crippen molar-refractivity contribution in [3.05, 3.63) is 16.1 Å². The third-order valence-corrected chi connectivity index (χ3v) is 4.82. The van der Waals surface area contributed by atoms with Crippen LogP contribution in [0.3, 0.4) is 0 Å². The van der Waals surface area contributed by atoms with Crippen LogP contribution in [0.2, 0.25) is 0 Å². The average molecular weight is 297 g/mol. The second-order valence-electron chi connectivity index (χ2n) is 5.31. The minimum absolute atomic E-state index is 0.125. The summed E-state index contributed by atoms with van der Waals surface area (Å²) in [4.78, 5) is 21.7. The molecule has 0 aromatic carbocycles. The van der Waals surface area contributed by atoms with E-state index < -0.39 is 0 Å². The Hall–Kier alpha value is -0.980. The molecule has 112 valence electrons. The van der Waals surface area contributed by atoms with Crippen molar-refractivity contribution in [2.45, 2.75) is 32.9 Å². The van der Waals surface area contributed by atoms with Gasteiger partial charge in [0.15, 0.2) is 0 Å². The third-order valence-electron chi connectivity index (χ3n) is 3.90. The summed E-state index contributed by atoms with van der Waals surface area (Å²) in [5, 5.41) is 0. The van der Waals surface area contributed by atoms with Gasteiger partial charge in [-0.1, -0.05) is 0 Å². The molecule has 2 rings (SSSR count). The normalized spacial score (nSPS) is 21.1. The van der Waals surface area contributed by atoms with Crippen LogP contribution in [0.25, 0.3) is 0 Å². The van der Waals surface area contributed by atoms with Crippen LogP contribution in [-0.2, 0) is 16.1 Å².